The number of nitrogens with one attached hydrogen (secondary N) is 1. The third-order valence-corrected chi connectivity index (χ3v) is 6.35. The van der Waals surface area contributed by atoms with Crippen molar-refractivity contribution in [3.63, 3.8) is 0 Å². The number of rotatable bonds is 7. The second-order valence-corrected chi connectivity index (χ2v) is 8.73. The summed E-state index contributed by atoms with van der Waals surface area (Å²) in [6.45, 7) is 6.26. The highest BCUT2D eigenvalue weighted by atomic mass is 16.5. The summed E-state index contributed by atoms with van der Waals surface area (Å²) in [5.74, 6) is -0.319. The quantitative estimate of drug-likeness (QED) is 0.331. The SMILES string of the molecule is CCOC(=O)c1ccc(N2C(=O)c3[nH]nc(-c4ccc(C)cc4)c3[C@H]2c2ccc(O)c(OCC)c2)cc1. The third-order valence-electron chi connectivity index (χ3n) is 6.35. The van der Waals surface area contributed by atoms with E-state index in [1.54, 1.807) is 54.3 Å². The van der Waals surface area contributed by atoms with Gasteiger partial charge in [-0.2, -0.15) is 5.10 Å². The van der Waals surface area contributed by atoms with Crippen LogP contribution in [0.1, 0.15) is 57.4 Å². The Morgan fingerprint density at radius 1 is 1.03 bits per heavy atom. The molecule has 0 bridgehead atoms. The zero-order valence-electron chi connectivity index (χ0n) is 20.8. The summed E-state index contributed by atoms with van der Waals surface area (Å²) < 4.78 is 10.7. The van der Waals surface area contributed by atoms with Crippen LogP contribution in [0.5, 0.6) is 11.5 Å². The van der Waals surface area contributed by atoms with Gasteiger partial charge in [-0.3, -0.25) is 14.8 Å². The highest BCUT2D eigenvalue weighted by Gasteiger charge is 2.43. The molecule has 3 aromatic carbocycles. The number of hydrogen-bond donors (Lipinski definition) is 2. The number of carbonyl (C=O) groups is 2. The van der Waals surface area contributed by atoms with Gasteiger partial charge in [0.1, 0.15) is 5.69 Å². The number of carbonyl (C=O) groups excluding carboxylic acids is 2. The molecule has 0 saturated carbocycles. The predicted molar refractivity (Wildman–Crippen MR) is 139 cm³/mol. The zero-order valence-corrected chi connectivity index (χ0v) is 20.8. The van der Waals surface area contributed by atoms with E-state index in [1.165, 1.54) is 0 Å². The van der Waals surface area contributed by atoms with Gasteiger partial charge in [0, 0.05) is 16.8 Å². The maximum atomic E-state index is 13.8. The van der Waals surface area contributed by atoms with Gasteiger partial charge in [-0.05, 0) is 62.7 Å². The van der Waals surface area contributed by atoms with E-state index in [2.05, 4.69) is 10.2 Å². The van der Waals surface area contributed by atoms with E-state index < -0.39 is 12.0 Å². The number of esters is 1. The van der Waals surface area contributed by atoms with Crippen LogP contribution in [0.2, 0.25) is 0 Å². The van der Waals surface area contributed by atoms with Crippen LogP contribution in [0.4, 0.5) is 5.69 Å². The molecule has 0 unspecified atom stereocenters. The van der Waals surface area contributed by atoms with Gasteiger partial charge in [-0.15, -0.1) is 0 Å². The minimum absolute atomic E-state index is 0.0199. The standard InChI is InChI=1S/C29H27N3O5/c1-4-36-23-16-20(12-15-22(23)33)27-24-25(18-8-6-17(3)7-9-18)30-31-26(24)28(34)32(27)21-13-10-19(11-14-21)29(35)37-5-2/h6-16,27,33H,4-5H2,1-3H3,(H,30,31)/t27-/m1/s1. The smallest absolute Gasteiger partial charge is 0.338 e. The van der Waals surface area contributed by atoms with E-state index in [9.17, 15) is 14.7 Å². The highest BCUT2D eigenvalue weighted by Crippen LogP contribution is 2.46. The number of H-pyrrole nitrogens is 1. The fourth-order valence-corrected chi connectivity index (χ4v) is 4.60. The zero-order chi connectivity index (χ0) is 26.1. The molecule has 5 rings (SSSR count). The summed E-state index contributed by atoms with van der Waals surface area (Å²) in [5.41, 5.74) is 5.54. The fourth-order valence-electron chi connectivity index (χ4n) is 4.60. The van der Waals surface area contributed by atoms with E-state index in [-0.39, 0.29) is 18.3 Å². The van der Waals surface area contributed by atoms with Crippen molar-refractivity contribution < 1.29 is 24.2 Å². The number of aromatic nitrogens is 2. The number of fused-ring (bicyclic) bond motifs is 1. The van der Waals surface area contributed by atoms with Gasteiger partial charge in [-0.25, -0.2) is 4.79 Å². The molecule has 0 saturated heterocycles. The number of amides is 1. The molecular formula is C29H27N3O5. The van der Waals surface area contributed by atoms with Crippen LogP contribution in [0, 0.1) is 6.92 Å². The second-order valence-electron chi connectivity index (χ2n) is 8.73. The first-order chi connectivity index (χ1) is 17.9. The van der Waals surface area contributed by atoms with Gasteiger partial charge in [-0.1, -0.05) is 35.9 Å². The van der Waals surface area contributed by atoms with Crippen LogP contribution < -0.4 is 9.64 Å². The Kier molecular flexibility index (Phi) is 6.40. The van der Waals surface area contributed by atoms with E-state index in [4.69, 9.17) is 9.47 Å². The van der Waals surface area contributed by atoms with Crippen molar-refractivity contribution in [1.82, 2.24) is 10.2 Å². The summed E-state index contributed by atoms with van der Waals surface area (Å²) >= 11 is 0. The Morgan fingerprint density at radius 3 is 2.43 bits per heavy atom. The lowest BCUT2D eigenvalue weighted by Gasteiger charge is -2.27. The van der Waals surface area contributed by atoms with Crippen LogP contribution >= 0.6 is 0 Å². The number of benzene rings is 3. The fraction of sp³-hybridized carbons (Fsp3) is 0.207. The van der Waals surface area contributed by atoms with E-state index in [0.29, 0.717) is 35.0 Å². The van der Waals surface area contributed by atoms with Crippen LogP contribution in [0.25, 0.3) is 11.3 Å². The lowest BCUT2D eigenvalue weighted by molar-refractivity contribution is 0.0526. The van der Waals surface area contributed by atoms with Gasteiger partial charge in [0.05, 0.1) is 30.5 Å². The summed E-state index contributed by atoms with van der Waals surface area (Å²) in [4.78, 5) is 27.6. The average Bonchev–Trinajstić information content (AvgIpc) is 3.45. The molecule has 1 atom stereocenters. The van der Waals surface area contributed by atoms with Crippen molar-refractivity contribution >= 4 is 17.6 Å². The molecule has 2 heterocycles. The molecule has 8 nitrogen and oxygen atoms in total. The number of hydrogen-bond acceptors (Lipinski definition) is 6. The summed E-state index contributed by atoms with van der Waals surface area (Å²) in [6, 6.07) is 19.2. The monoisotopic (exact) mass is 497 g/mol. The topological polar surface area (TPSA) is 105 Å². The summed E-state index contributed by atoms with van der Waals surface area (Å²) in [5, 5.41) is 17.8. The second kappa shape index (κ2) is 9.81. The van der Waals surface area contributed by atoms with Crippen LogP contribution in [0.15, 0.2) is 66.7 Å². The first-order valence-corrected chi connectivity index (χ1v) is 12.1. The molecular weight excluding hydrogens is 470 g/mol. The number of aryl methyl sites for hydroxylation is 1. The average molecular weight is 498 g/mol. The van der Waals surface area contributed by atoms with Gasteiger partial charge in [0.2, 0.25) is 0 Å². The predicted octanol–water partition coefficient (Wildman–Crippen LogP) is 5.42. The lowest BCUT2D eigenvalue weighted by Crippen LogP contribution is -2.29. The molecule has 0 fully saturated rings. The molecule has 1 amide bonds. The van der Waals surface area contributed by atoms with Gasteiger partial charge in [0.25, 0.3) is 5.91 Å². The van der Waals surface area contributed by atoms with Crippen molar-refractivity contribution in [3.8, 4) is 22.8 Å². The molecule has 0 radical (unpaired) electrons. The number of ether oxygens (including phenoxy) is 2. The maximum Gasteiger partial charge on any atom is 0.338 e. The van der Waals surface area contributed by atoms with E-state index in [1.807, 2.05) is 38.1 Å². The van der Waals surface area contributed by atoms with Crippen molar-refractivity contribution in [2.75, 3.05) is 18.1 Å². The first-order valence-electron chi connectivity index (χ1n) is 12.1. The highest BCUT2D eigenvalue weighted by molar-refractivity contribution is 6.12. The largest absolute Gasteiger partial charge is 0.504 e. The number of nitrogens with zero attached hydrogens (tertiary/aromatic N) is 2. The van der Waals surface area contributed by atoms with Gasteiger partial charge < -0.3 is 14.6 Å². The molecule has 1 aromatic heterocycles. The number of aromatic hydroxyl groups is 1. The molecule has 37 heavy (non-hydrogen) atoms. The van der Waals surface area contributed by atoms with Gasteiger partial charge >= 0.3 is 5.97 Å². The molecule has 188 valence electrons. The molecule has 8 heteroatoms. The van der Waals surface area contributed by atoms with Crippen LogP contribution in [0.3, 0.4) is 0 Å². The number of phenolic OH excluding ortho intramolecular Hbond substituents is 1. The van der Waals surface area contributed by atoms with E-state index >= 15 is 0 Å². The Hall–Kier alpha value is -4.59. The molecule has 4 aromatic rings. The first kappa shape index (κ1) is 24.1. The van der Waals surface area contributed by atoms with Crippen molar-refractivity contribution in [2.45, 2.75) is 26.8 Å². The normalized spacial score (nSPS) is 14.5. The molecule has 1 aliphatic rings. The van der Waals surface area contributed by atoms with Crippen LogP contribution in [-0.2, 0) is 4.74 Å². The Morgan fingerprint density at radius 2 is 1.76 bits per heavy atom. The summed E-state index contributed by atoms with van der Waals surface area (Å²) in [6.07, 6.45) is 0. The summed E-state index contributed by atoms with van der Waals surface area (Å²) in [7, 11) is 0. The van der Waals surface area contributed by atoms with Crippen LogP contribution in [-0.4, -0.2) is 40.4 Å². The Bertz CT molecular complexity index is 1460. The van der Waals surface area contributed by atoms with Crippen molar-refractivity contribution in [1.29, 1.82) is 0 Å². The minimum atomic E-state index is -0.550. The van der Waals surface area contributed by atoms with Crippen molar-refractivity contribution in [2.24, 2.45) is 0 Å². The number of phenols is 1. The maximum absolute atomic E-state index is 13.8. The third kappa shape index (κ3) is 4.31. The molecule has 1 aliphatic heterocycles. The Labute approximate surface area is 214 Å². The Balaban J connectivity index is 1.65. The number of anilines is 1. The lowest BCUT2D eigenvalue weighted by atomic mass is 9.95. The van der Waals surface area contributed by atoms with Crippen molar-refractivity contribution in [3.05, 3.63) is 94.7 Å². The minimum Gasteiger partial charge on any atom is -0.504 e. The van der Waals surface area contributed by atoms with Gasteiger partial charge in [0.15, 0.2) is 11.5 Å². The van der Waals surface area contributed by atoms with E-state index in [0.717, 1.165) is 22.3 Å². The number of aromatic amines is 1. The molecule has 0 aliphatic carbocycles. The molecule has 0 spiro atoms. The molecule has 2 N–H and O–H groups in total.